The first kappa shape index (κ1) is 19.3. The summed E-state index contributed by atoms with van der Waals surface area (Å²) >= 11 is 0. The molecule has 2 aromatic carbocycles. The van der Waals surface area contributed by atoms with Gasteiger partial charge in [0.15, 0.2) is 0 Å². The van der Waals surface area contributed by atoms with E-state index in [0.29, 0.717) is 12.8 Å². The Hall–Kier alpha value is -2.70. The van der Waals surface area contributed by atoms with Crippen molar-refractivity contribution in [2.24, 2.45) is 22.9 Å². The Kier molecular flexibility index (Phi) is 8.18. The summed E-state index contributed by atoms with van der Waals surface area (Å²) in [6.07, 6.45) is 1.02. The summed E-state index contributed by atoms with van der Waals surface area (Å²) in [6.45, 7) is 0. The standard InChI is InChI=1S/2C9H12N2O/c2*10-8(9(11)12)6-7-4-2-1-3-5-7/h2*1-5,8H,6,10H2,(H2,11,12)/t2*8-/m00/s1. The molecule has 2 atom stereocenters. The summed E-state index contributed by atoms with van der Waals surface area (Å²) in [6, 6.07) is 18.0. The molecule has 0 saturated carbocycles. The maximum atomic E-state index is 10.6. The minimum atomic E-state index is -0.576. The second-order valence-electron chi connectivity index (χ2n) is 5.40. The van der Waals surface area contributed by atoms with Gasteiger partial charge in [-0.05, 0) is 24.0 Å². The number of nitrogens with two attached hydrogens (primary N) is 4. The fraction of sp³-hybridized carbons (Fsp3) is 0.222. The smallest absolute Gasteiger partial charge is 0.234 e. The molecule has 2 amide bonds. The van der Waals surface area contributed by atoms with Crippen LogP contribution in [-0.2, 0) is 22.4 Å². The van der Waals surface area contributed by atoms with Gasteiger partial charge in [-0.1, -0.05) is 60.7 Å². The molecular formula is C18H24N4O2. The van der Waals surface area contributed by atoms with Crippen LogP contribution in [0.3, 0.4) is 0 Å². The van der Waals surface area contributed by atoms with Crippen LogP contribution >= 0.6 is 0 Å². The SMILES string of the molecule is NC(=O)[C@@H](N)Cc1ccccc1.NC(=O)[C@@H](N)Cc1ccccc1. The number of hydrogen-bond donors (Lipinski definition) is 4. The molecule has 0 radical (unpaired) electrons. The molecule has 128 valence electrons. The summed E-state index contributed by atoms with van der Waals surface area (Å²) < 4.78 is 0. The average Bonchev–Trinajstić information content (AvgIpc) is 2.57. The summed E-state index contributed by atoms with van der Waals surface area (Å²) in [7, 11) is 0. The molecule has 6 nitrogen and oxygen atoms in total. The minimum Gasteiger partial charge on any atom is -0.368 e. The van der Waals surface area contributed by atoms with Crippen LogP contribution in [0.2, 0.25) is 0 Å². The van der Waals surface area contributed by atoms with Crippen molar-refractivity contribution in [3.8, 4) is 0 Å². The van der Waals surface area contributed by atoms with E-state index in [-0.39, 0.29) is 0 Å². The van der Waals surface area contributed by atoms with Crippen LogP contribution in [0.25, 0.3) is 0 Å². The summed E-state index contributed by atoms with van der Waals surface area (Å²) in [4.78, 5) is 21.2. The molecular weight excluding hydrogens is 304 g/mol. The zero-order valence-corrected chi connectivity index (χ0v) is 13.5. The average molecular weight is 328 g/mol. The van der Waals surface area contributed by atoms with Crippen molar-refractivity contribution in [2.45, 2.75) is 24.9 Å². The maximum absolute atomic E-state index is 10.6. The van der Waals surface area contributed by atoms with Gasteiger partial charge in [0.1, 0.15) is 0 Å². The minimum absolute atomic E-state index is 0.459. The Morgan fingerprint density at radius 2 is 0.958 bits per heavy atom. The van der Waals surface area contributed by atoms with Crippen molar-refractivity contribution in [3.05, 3.63) is 71.8 Å². The molecule has 6 heteroatoms. The molecule has 0 bridgehead atoms. The van der Waals surface area contributed by atoms with Crippen molar-refractivity contribution in [2.75, 3.05) is 0 Å². The van der Waals surface area contributed by atoms with Gasteiger partial charge in [0, 0.05) is 0 Å². The molecule has 2 rings (SSSR count). The molecule has 0 aromatic heterocycles. The highest BCUT2D eigenvalue weighted by molar-refractivity contribution is 5.80. The summed E-state index contributed by atoms with van der Waals surface area (Å²) in [5.41, 5.74) is 23.1. The maximum Gasteiger partial charge on any atom is 0.234 e. The lowest BCUT2D eigenvalue weighted by Gasteiger charge is -2.06. The number of primary amides is 2. The van der Waals surface area contributed by atoms with Crippen LogP contribution in [0.4, 0.5) is 0 Å². The molecule has 24 heavy (non-hydrogen) atoms. The van der Waals surface area contributed by atoms with Gasteiger partial charge in [0.05, 0.1) is 12.1 Å². The quantitative estimate of drug-likeness (QED) is 0.596. The monoisotopic (exact) mass is 328 g/mol. The lowest BCUT2D eigenvalue weighted by atomic mass is 10.1. The van der Waals surface area contributed by atoms with E-state index in [2.05, 4.69) is 0 Å². The topological polar surface area (TPSA) is 138 Å². The molecule has 0 aliphatic rings. The van der Waals surface area contributed by atoms with E-state index in [4.69, 9.17) is 22.9 Å². The third-order valence-corrected chi connectivity index (χ3v) is 3.33. The summed E-state index contributed by atoms with van der Waals surface area (Å²) in [5.74, 6) is -0.919. The van der Waals surface area contributed by atoms with Gasteiger partial charge in [0.25, 0.3) is 0 Å². The molecule has 0 heterocycles. The van der Waals surface area contributed by atoms with Gasteiger partial charge in [-0.2, -0.15) is 0 Å². The van der Waals surface area contributed by atoms with Crippen LogP contribution in [0, 0.1) is 0 Å². The number of hydrogen-bond acceptors (Lipinski definition) is 4. The second kappa shape index (κ2) is 10.1. The van der Waals surface area contributed by atoms with Crippen LogP contribution in [0.5, 0.6) is 0 Å². The van der Waals surface area contributed by atoms with Crippen LogP contribution in [-0.4, -0.2) is 23.9 Å². The van der Waals surface area contributed by atoms with Crippen LogP contribution in [0.1, 0.15) is 11.1 Å². The molecule has 0 aliphatic heterocycles. The lowest BCUT2D eigenvalue weighted by molar-refractivity contribution is -0.120. The molecule has 2 aromatic rings. The molecule has 0 spiro atoms. The predicted molar refractivity (Wildman–Crippen MR) is 94.6 cm³/mol. The zero-order valence-electron chi connectivity index (χ0n) is 13.5. The predicted octanol–water partition coefficient (Wildman–Crippen LogP) is 0.0834. The second-order valence-corrected chi connectivity index (χ2v) is 5.40. The van der Waals surface area contributed by atoms with Crippen LogP contribution in [0.15, 0.2) is 60.7 Å². The van der Waals surface area contributed by atoms with E-state index in [9.17, 15) is 9.59 Å². The van der Waals surface area contributed by atoms with E-state index in [0.717, 1.165) is 11.1 Å². The number of carbonyl (C=O) groups is 2. The Morgan fingerprint density at radius 3 is 1.21 bits per heavy atom. The van der Waals surface area contributed by atoms with Gasteiger partial charge in [-0.3, -0.25) is 9.59 Å². The molecule has 0 saturated heterocycles. The number of amides is 2. The molecule has 0 unspecified atom stereocenters. The van der Waals surface area contributed by atoms with Crippen molar-refractivity contribution in [1.82, 2.24) is 0 Å². The first-order valence-electron chi connectivity index (χ1n) is 7.57. The first-order chi connectivity index (χ1) is 11.4. The van der Waals surface area contributed by atoms with E-state index in [1.54, 1.807) is 0 Å². The van der Waals surface area contributed by atoms with Gasteiger partial charge in [0.2, 0.25) is 11.8 Å². The first-order valence-corrected chi connectivity index (χ1v) is 7.57. The van der Waals surface area contributed by atoms with Crippen molar-refractivity contribution in [1.29, 1.82) is 0 Å². The Morgan fingerprint density at radius 1 is 0.667 bits per heavy atom. The number of rotatable bonds is 6. The van der Waals surface area contributed by atoms with Crippen molar-refractivity contribution in [3.63, 3.8) is 0 Å². The fourth-order valence-electron chi connectivity index (χ4n) is 1.94. The Balaban J connectivity index is 0.000000240. The van der Waals surface area contributed by atoms with Gasteiger partial charge in [-0.25, -0.2) is 0 Å². The van der Waals surface area contributed by atoms with E-state index in [1.807, 2.05) is 60.7 Å². The normalized spacial score (nSPS) is 12.4. The third-order valence-electron chi connectivity index (χ3n) is 3.33. The van der Waals surface area contributed by atoms with Crippen molar-refractivity contribution < 1.29 is 9.59 Å². The number of carbonyl (C=O) groups excluding carboxylic acids is 2. The van der Waals surface area contributed by atoms with Crippen molar-refractivity contribution >= 4 is 11.8 Å². The molecule has 0 fully saturated rings. The summed E-state index contributed by atoms with van der Waals surface area (Å²) in [5, 5.41) is 0. The zero-order chi connectivity index (χ0) is 17.9. The third kappa shape index (κ3) is 7.53. The van der Waals surface area contributed by atoms with Gasteiger partial charge < -0.3 is 22.9 Å². The van der Waals surface area contributed by atoms with E-state index >= 15 is 0 Å². The number of benzene rings is 2. The highest BCUT2D eigenvalue weighted by Crippen LogP contribution is 2.01. The highest BCUT2D eigenvalue weighted by atomic mass is 16.1. The van der Waals surface area contributed by atoms with Gasteiger partial charge in [-0.15, -0.1) is 0 Å². The Bertz CT molecular complexity index is 574. The molecule has 0 aliphatic carbocycles. The van der Waals surface area contributed by atoms with Gasteiger partial charge >= 0.3 is 0 Å². The molecule has 8 N–H and O–H groups in total. The Labute approximate surface area is 141 Å². The highest BCUT2D eigenvalue weighted by Gasteiger charge is 2.09. The largest absolute Gasteiger partial charge is 0.368 e. The van der Waals surface area contributed by atoms with E-state index in [1.165, 1.54) is 0 Å². The van der Waals surface area contributed by atoms with Crippen LogP contribution < -0.4 is 22.9 Å². The fourth-order valence-corrected chi connectivity index (χ4v) is 1.94. The van der Waals surface area contributed by atoms with E-state index < -0.39 is 23.9 Å². The lowest BCUT2D eigenvalue weighted by Crippen LogP contribution is -2.38.